The van der Waals surface area contributed by atoms with Gasteiger partial charge < -0.3 is 4.74 Å². The Hall–Kier alpha value is -2.47. The number of ether oxygens (including phenoxy) is 1. The number of methoxy groups -OCH3 is 1. The molecule has 0 aliphatic carbocycles. The molecule has 106 valence electrons. The summed E-state index contributed by atoms with van der Waals surface area (Å²) >= 11 is 5.35. The van der Waals surface area contributed by atoms with Gasteiger partial charge in [-0.2, -0.15) is 5.10 Å². The fourth-order valence-corrected chi connectivity index (χ4v) is 2.44. The van der Waals surface area contributed by atoms with Crippen LogP contribution in [-0.4, -0.2) is 26.9 Å². The van der Waals surface area contributed by atoms with E-state index in [4.69, 9.17) is 17.0 Å². The molecule has 3 aromatic rings. The van der Waals surface area contributed by atoms with E-state index in [1.54, 1.807) is 13.3 Å². The van der Waals surface area contributed by atoms with Crippen molar-refractivity contribution in [1.29, 1.82) is 0 Å². The number of aromatic nitrogens is 4. The monoisotopic (exact) mass is 298 g/mol. The summed E-state index contributed by atoms with van der Waals surface area (Å²) in [6, 6.07) is 11.6. The van der Waals surface area contributed by atoms with Crippen LogP contribution in [0.2, 0.25) is 0 Å². The molecule has 0 spiro atoms. The minimum absolute atomic E-state index is 0.528. The Bertz CT molecular complexity index is 823. The molecule has 0 radical (unpaired) electrons. The van der Waals surface area contributed by atoms with Gasteiger partial charge in [0.1, 0.15) is 11.4 Å². The number of aryl methyl sites for hydroxylation is 1. The summed E-state index contributed by atoms with van der Waals surface area (Å²) < 4.78 is 7.68. The predicted molar refractivity (Wildman–Crippen MR) is 83.3 cm³/mol. The zero-order chi connectivity index (χ0) is 14.8. The highest BCUT2D eigenvalue weighted by atomic mass is 32.1. The van der Waals surface area contributed by atoms with Gasteiger partial charge in [0.2, 0.25) is 0 Å². The Morgan fingerprint density at radius 2 is 2.10 bits per heavy atom. The minimum Gasteiger partial charge on any atom is -0.496 e. The standard InChI is InChI=1S/C15H14N4OS/c1-10-9-11(6-7-13(10)20-2)19-14(17-18-15(19)21)12-5-3-4-8-16-12/h3-9H,1-2H3,(H,18,21). The summed E-state index contributed by atoms with van der Waals surface area (Å²) in [5.74, 6) is 1.53. The van der Waals surface area contributed by atoms with Gasteiger partial charge in [-0.15, -0.1) is 0 Å². The van der Waals surface area contributed by atoms with Gasteiger partial charge in [0, 0.05) is 6.20 Å². The lowest BCUT2D eigenvalue weighted by atomic mass is 10.2. The fourth-order valence-electron chi connectivity index (χ4n) is 2.21. The zero-order valence-corrected chi connectivity index (χ0v) is 12.5. The highest BCUT2D eigenvalue weighted by Gasteiger charge is 2.12. The maximum atomic E-state index is 5.35. The maximum absolute atomic E-state index is 5.35. The van der Waals surface area contributed by atoms with E-state index in [-0.39, 0.29) is 0 Å². The molecule has 21 heavy (non-hydrogen) atoms. The Morgan fingerprint density at radius 1 is 1.24 bits per heavy atom. The van der Waals surface area contributed by atoms with Crippen LogP contribution in [0.4, 0.5) is 0 Å². The molecule has 0 bridgehead atoms. The van der Waals surface area contributed by atoms with E-state index in [2.05, 4.69) is 15.2 Å². The Kier molecular flexibility index (Phi) is 3.53. The lowest BCUT2D eigenvalue weighted by molar-refractivity contribution is 0.411. The second kappa shape index (κ2) is 5.49. The number of H-pyrrole nitrogens is 1. The van der Waals surface area contributed by atoms with Gasteiger partial charge in [0.05, 0.1) is 12.8 Å². The number of pyridine rings is 1. The summed E-state index contributed by atoms with van der Waals surface area (Å²) in [4.78, 5) is 4.33. The van der Waals surface area contributed by atoms with Crippen LogP contribution in [0, 0.1) is 11.7 Å². The summed E-state index contributed by atoms with van der Waals surface area (Å²) in [6.07, 6.45) is 1.73. The van der Waals surface area contributed by atoms with Crippen molar-refractivity contribution in [2.45, 2.75) is 6.92 Å². The third kappa shape index (κ3) is 2.45. The number of aromatic amines is 1. The van der Waals surface area contributed by atoms with Crippen molar-refractivity contribution >= 4 is 12.2 Å². The van der Waals surface area contributed by atoms with Gasteiger partial charge in [0.15, 0.2) is 10.6 Å². The normalized spacial score (nSPS) is 10.6. The van der Waals surface area contributed by atoms with Crippen LogP contribution in [-0.2, 0) is 0 Å². The highest BCUT2D eigenvalue weighted by molar-refractivity contribution is 7.71. The molecule has 2 aromatic heterocycles. The molecular weight excluding hydrogens is 284 g/mol. The fraction of sp³-hybridized carbons (Fsp3) is 0.133. The SMILES string of the molecule is COc1ccc(-n2c(-c3ccccn3)n[nH]c2=S)cc1C. The Balaban J connectivity index is 2.17. The molecular formula is C15H14N4OS. The molecule has 1 aromatic carbocycles. The van der Waals surface area contributed by atoms with Crippen LogP contribution >= 0.6 is 12.2 Å². The Labute approximate surface area is 127 Å². The van der Waals surface area contributed by atoms with Crippen molar-refractivity contribution in [2.24, 2.45) is 0 Å². The van der Waals surface area contributed by atoms with Crippen molar-refractivity contribution in [2.75, 3.05) is 7.11 Å². The van der Waals surface area contributed by atoms with Crippen LogP contribution in [0.3, 0.4) is 0 Å². The zero-order valence-electron chi connectivity index (χ0n) is 11.7. The summed E-state index contributed by atoms with van der Waals surface area (Å²) in [6.45, 7) is 1.99. The first-order valence-electron chi connectivity index (χ1n) is 6.44. The van der Waals surface area contributed by atoms with Crippen molar-refractivity contribution in [3.05, 3.63) is 52.9 Å². The molecule has 0 amide bonds. The van der Waals surface area contributed by atoms with E-state index >= 15 is 0 Å². The van der Waals surface area contributed by atoms with E-state index in [9.17, 15) is 0 Å². The van der Waals surface area contributed by atoms with Gasteiger partial charge >= 0.3 is 0 Å². The molecule has 0 unspecified atom stereocenters. The highest BCUT2D eigenvalue weighted by Crippen LogP contribution is 2.24. The summed E-state index contributed by atoms with van der Waals surface area (Å²) in [5, 5.41) is 7.11. The number of nitrogens with one attached hydrogen (secondary N) is 1. The first-order chi connectivity index (χ1) is 10.2. The van der Waals surface area contributed by atoms with E-state index in [0.29, 0.717) is 10.6 Å². The molecule has 3 rings (SSSR count). The summed E-state index contributed by atoms with van der Waals surface area (Å²) in [7, 11) is 1.66. The van der Waals surface area contributed by atoms with Crippen LogP contribution in [0.15, 0.2) is 42.6 Å². The minimum atomic E-state index is 0.528. The average molecular weight is 298 g/mol. The van der Waals surface area contributed by atoms with Gasteiger partial charge in [-0.3, -0.25) is 14.6 Å². The van der Waals surface area contributed by atoms with Crippen LogP contribution in [0.1, 0.15) is 5.56 Å². The molecule has 6 heteroatoms. The lowest BCUT2D eigenvalue weighted by Gasteiger charge is -2.10. The van der Waals surface area contributed by atoms with Crippen molar-refractivity contribution in [1.82, 2.24) is 19.7 Å². The van der Waals surface area contributed by atoms with E-state index in [1.165, 1.54) is 0 Å². The molecule has 0 atom stereocenters. The lowest BCUT2D eigenvalue weighted by Crippen LogP contribution is -2.00. The number of nitrogens with zero attached hydrogens (tertiary/aromatic N) is 3. The van der Waals surface area contributed by atoms with Gasteiger partial charge in [-0.1, -0.05) is 6.07 Å². The van der Waals surface area contributed by atoms with E-state index < -0.39 is 0 Å². The van der Waals surface area contributed by atoms with Gasteiger partial charge in [0.25, 0.3) is 0 Å². The average Bonchev–Trinajstić information content (AvgIpc) is 2.90. The molecule has 2 heterocycles. The Morgan fingerprint density at radius 3 is 2.76 bits per heavy atom. The third-order valence-corrected chi connectivity index (χ3v) is 3.48. The molecule has 1 N–H and O–H groups in total. The number of hydrogen-bond acceptors (Lipinski definition) is 4. The summed E-state index contributed by atoms with van der Waals surface area (Å²) in [5.41, 5.74) is 2.72. The number of hydrogen-bond donors (Lipinski definition) is 1. The first kappa shape index (κ1) is 13.5. The molecule has 0 saturated carbocycles. The maximum Gasteiger partial charge on any atom is 0.200 e. The van der Waals surface area contributed by atoms with Crippen LogP contribution < -0.4 is 4.74 Å². The van der Waals surface area contributed by atoms with Crippen molar-refractivity contribution in [3.8, 4) is 23.0 Å². The topological polar surface area (TPSA) is 55.7 Å². The molecule has 0 aliphatic rings. The molecule has 0 saturated heterocycles. The van der Waals surface area contributed by atoms with Crippen LogP contribution in [0.25, 0.3) is 17.2 Å². The number of rotatable bonds is 3. The van der Waals surface area contributed by atoms with Gasteiger partial charge in [-0.05, 0) is 55.0 Å². The molecule has 0 fully saturated rings. The van der Waals surface area contributed by atoms with E-state index in [1.807, 2.05) is 47.9 Å². The number of benzene rings is 1. The predicted octanol–water partition coefficient (Wildman–Crippen LogP) is 3.31. The second-order valence-corrected chi connectivity index (χ2v) is 4.94. The van der Waals surface area contributed by atoms with Crippen molar-refractivity contribution in [3.63, 3.8) is 0 Å². The largest absolute Gasteiger partial charge is 0.496 e. The van der Waals surface area contributed by atoms with Crippen molar-refractivity contribution < 1.29 is 4.74 Å². The molecule has 0 aliphatic heterocycles. The van der Waals surface area contributed by atoms with E-state index in [0.717, 1.165) is 22.7 Å². The quantitative estimate of drug-likeness (QED) is 0.754. The molecule has 5 nitrogen and oxygen atoms in total. The third-order valence-electron chi connectivity index (χ3n) is 3.20. The van der Waals surface area contributed by atoms with Crippen LogP contribution in [0.5, 0.6) is 5.75 Å². The first-order valence-corrected chi connectivity index (χ1v) is 6.85. The smallest absolute Gasteiger partial charge is 0.200 e. The van der Waals surface area contributed by atoms with Gasteiger partial charge in [-0.25, -0.2) is 0 Å². The second-order valence-electron chi connectivity index (χ2n) is 4.56.